The molecule has 3 amide bonds. The van der Waals surface area contributed by atoms with E-state index in [9.17, 15) is 29.1 Å². The minimum atomic E-state index is -1.20. The Kier molecular flexibility index (Phi) is 15.1. The largest absolute Gasteiger partial charge is 0.481 e. The van der Waals surface area contributed by atoms with E-state index in [1.165, 1.54) is 11.8 Å². The van der Waals surface area contributed by atoms with Crippen LogP contribution in [0.15, 0.2) is 0 Å². The molecule has 0 spiro atoms. The van der Waals surface area contributed by atoms with Crippen LogP contribution < -0.4 is 27.4 Å². The number of hydrogen-bond acceptors (Lipinski definition) is 8. The monoisotopic (exact) mass is 463 g/mol. The number of nitrogens with two attached hydrogens (primary N) is 2. The lowest BCUT2D eigenvalue weighted by molar-refractivity contribution is -0.142. The van der Waals surface area contributed by atoms with Gasteiger partial charge in [-0.1, -0.05) is 0 Å². The van der Waals surface area contributed by atoms with Crippen molar-refractivity contribution in [3.8, 4) is 0 Å². The highest BCUT2D eigenvalue weighted by Crippen LogP contribution is 2.07. The first-order valence-corrected chi connectivity index (χ1v) is 11.3. The zero-order valence-corrected chi connectivity index (χ0v) is 18.4. The SMILES string of the molecule is CSCCC(NC(=O)C(CCCCN)NC(=O)C(CCC(=O)O)NC(=O)CN)C(=O)O. The Balaban J connectivity index is 5.34. The third-order valence-electron chi connectivity index (χ3n) is 4.29. The van der Waals surface area contributed by atoms with Crippen molar-refractivity contribution in [2.45, 2.75) is 56.7 Å². The number of carbonyl (C=O) groups excluding carboxylic acids is 3. The molecule has 0 saturated carbocycles. The van der Waals surface area contributed by atoms with Crippen molar-refractivity contribution in [1.29, 1.82) is 0 Å². The van der Waals surface area contributed by atoms with E-state index in [4.69, 9.17) is 16.6 Å². The Hall–Kier alpha value is -2.38. The number of carboxylic acids is 2. The fraction of sp³-hybridized carbons (Fsp3) is 0.722. The molecule has 0 aromatic heterocycles. The number of carbonyl (C=O) groups is 5. The summed E-state index contributed by atoms with van der Waals surface area (Å²) in [5, 5.41) is 25.4. The van der Waals surface area contributed by atoms with Gasteiger partial charge in [-0.3, -0.25) is 19.2 Å². The zero-order chi connectivity index (χ0) is 23.8. The lowest BCUT2D eigenvalue weighted by atomic mass is 10.1. The molecular formula is C18H33N5O7S. The summed E-state index contributed by atoms with van der Waals surface area (Å²) in [6, 6.07) is -3.39. The maximum absolute atomic E-state index is 12.7. The van der Waals surface area contributed by atoms with E-state index in [-0.39, 0.29) is 25.7 Å². The highest BCUT2D eigenvalue weighted by Gasteiger charge is 2.29. The lowest BCUT2D eigenvalue weighted by Gasteiger charge is -2.24. The van der Waals surface area contributed by atoms with E-state index in [2.05, 4.69) is 16.0 Å². The van der Waals surface area contributed by atoms with Gasteiger partial charge in [0.15, 0.2) is 0 Å². The Bertz CT molecular complexity index is 620. The van der Waals surface area contributed by atoms with Crippen LogP contribution >= 0.6 is 11.8 Å². The second-order valence-corrected chi connectivity index (χ2v) is 7.77. The van der Waals surface area contributed by atoms with Crippen LogP contribution in [0.2, 0.25) is 0 Å². The number of thioether (sulfide) groups is 1. The van der Waals surface area contributed by atoms with Crippen molar-refractivity contribution in [2.24, 2.45) is 11.5 Å². The van der Waals surface area contributed by atoms with Crippen LogP contribution in [-0.2, 0) is 24.0 Å². The number of nitrogens with one attached hydrogen (secondary N) is 3. The Morgan fingerprint density at radius 1 is 0.839 bits per heavy atom. The van der Waals surface area contributed by atoms with Crippen LogP contribution in [0.3, 0.4) is 0 Å². The molecular weight excluding hydrogens is 430 g/mol. The van der Waals surface area contributed by atoms with Crippen LogP contribution in [0.4, 0.5) is 0 Å². The molecule has 0 bridgehead atoms. The third-order valence-corrected chi connectivity index (χ3v) is 4.93. The molecule has 9 N–H and O–H groups in total. The average Bonchev–Trinajstić information content (AvgIpc) is 2.72. The maximum Gasteiger partial charge on any atom is 0.326 e. The summed E-state index contributed by atoms with van der Waals surface area (Å²) in [5.41, 5.74) is 10.7. The van der Waals surface area contributed by atoms with Gasteiger partial charge < -0.3 is 37.6 Å². The van der Waals surface area contributed by atoms with Gasteiger partial charge in [0.05, 0.1) is 6.54 Å². The fourth-order valence-corrected chi connectivity index (χ4v) is 3.06. The summed E-state index contributed by atoms with van der Waals surface area (Å²) in [6.45, 7) is -0.0193. The number of carboxylic acid groups (broad SMARTS) is 2. The van der Waals surface area contributed by atoms with Crippen molar-refractivity contribution in [1.82, 2.24) is 16.0 Å². The van der Waals surface area contributed by atoms with Gasteiger partial charge in [0, 0.05) is 6.42 Å². The second-order valence-electron chi connectivity index (χ2n) is 6.78. The van der Waals surface area contributed by atoms with Crippen molar-refractivity contribution in [3.63, 3.8) is 0 Å². The molecule has 0 aromatic carbocycles. The second kappa shape index (κ2) is 16.3. The van der Waals surface area contributed by atoms with E-state index in [0.29, 0.717) is 25.1 Å². The van der Waals surface area contributed by atoms with Crippen molar-refractivity contribution in [3.05, 3.63) is 0 Å². The molecule has 0 radical (unpaired) electrons. The van der Waals surface area contributed by atoms with Gasteiger partial charge in [0.1, 0.15) is 18.1 Å². The summed E-state index contributed by atoms with van der Waals surface area (Å²) >= 11 is 1.43. The maximum atomic E-state index is 12.7. The van der Waals surface area contributed by atoms with E-state index < -0.39 is 54.3 Å². The Labute approximate surface area is 185 Å². The topological polar surface area (TPSA) is 214 Å². The number of unbranched alkanes of at least 4 members (excludes halogenated alkanes) is 1. The number of hydrogen-bond donors (Lipinski definition) is 7. The van der Waals surface area contributed by atoms with Crippen molar-refractivity contribution < 1.29 is 34.2 Å². The van der Waals surface area contributed by atoms with Crippen LogP contribution in [0.5, 0.6) is 0 Å². The summed E-state index contributed by atoms with van der Waals surface area (Å²) < 4.78 is 0. The molecule has 0 saturated heterocycles. The van der Waals surface area contributed by atoms with Gasteiger partial charge in [0.25, 0.3) is 0 Å². The number of aliphatic carboxylic acids is 2. The van der Waals surface area contributed by atoms with Crippen LogP contribution in [0, 0.1) is 0 Å². The molecule has 12 nitrogen and oxygen atoms in total. The van der Waals surface area contributed by atoms with E-state index >= 15 is 0 Å². The molecule has 31 heavy (non-hydrogen) atoms. The van der Waals surface area contributed by atoms with Crippen LogP contribution in [-0.4, -0.2) is 83.1 Å². The summed E-state index contributed by atoms with van der Waals surface area (Å²) in [6.07, 6.45) is 2.70. The molecule has 0 aromatic rings. The molecule has 3 unspecified atom stereocenters. The van der Waals surface area contributed by atoms with Gasteiger partial charge >= 0.3 is 11.9 Å². The minimum absolute atomic E-state index is 0.195. The first-order valence-electron chi connectivity index (χ1n) is 9.90. The van der Waals surface area contributed by atoms with Crippen molar-refractivity contribution in [2.75, 3.05) is 25.1 Å². The Morgan fingerprint density at radius 2 is 1.42 bits per heavy atom. The molecule has 13 heteroatoms. The quantitative estimate of drug-likeness (QED) is 0.120. The normalized spacial score (nSPS) is 13.5. The van der Waals surface area contributed by atoms with E-state index in [1.807, 2.05) is 6.26 Å². The first-order chi connectivity index (χ1) is 14.7. The number of rotatable bonds is 17. The summed E-state index contributed by atoms with van der Waals surface area (Å²) in [5.74, 6) is -3.92. The van der Waals surface area contributed by atoms with Gasteiger partial charge in [-0.2, -0.15) is 11.8 Å². The van der Waals surface area contributed by atoms with Crippen LogP contribution in [0.1, 0.15) is 38.5 Å². The smallest absolute Gasteiger partial charge is 0.326 e. The Morgan fingerprint density at radius 3 is 1.90 bits per heavy atom. The third kappa shape index (κ3) is 12.8. The minimum Gasteiger partial charge on any atom is -0.481 e. The number of amides is 3. The summed E-state index contributed by atoms with van der Waals surface area (Å²) in [7, 11) is 0. The van der Waals surface area contributed by atoms with Gasteiger partial charge in [-0.25, -0.2) is 4.79 Å². The van der Waals surface area contributed by atoms with Gasteiger partial charge in [0.2, 0.25) is 17.7 Å². The molecule has 0 aliphatic heterocycles. The van der Waals surface area contributed by atoms with Gasteiger partial charge in [-0.15, -0.1) is 0 Å². The highest BCUT2D eigenvalue weighted by atomic mass is 32.2. The van der Waals surface area contributed by atoms with Crippen molar-refractivity contribution >= 4 is 41.4 Å². The van der Waals surface area contributed by atoms with Gasteiger partial charge in [-0.05, 0) is 50.7 Å². The van der Waals surface area contributed by atoms with E-state index in [0.717, 1.165) is 0 Å². The van der Waals surface area contributed by atoms with Crippen LogP contribution in [0.25, 0.3) is 0 Å². The fourth-order valence-electron chi connectivity index (χ4n) is 2.59. The molecule has 0 rings (SSSR count). The molecule has 0 fully saturated rings. The standard InChI is InChI=1S/C18H33N5O7S/c1-31-9-7-13(18(29)30)23-16(27)11(4-2-3-8-19)22-17(28)12(5-6-15(25)26)21-14(24)10-20/h11-13H,2-10,19-20H2,1H3,(H,21,24)(H,22,28)(H,23,27)(H,25,26)(H,29,30). The predicted molar refractivity (Wildman–Crippen MR) is 115 cm³/mol. The lowest BCUT2D eigenvalue weighted by Crippen LogP contribution is -2.56. The highest BCUT2D eigenvalue weighted by molar-refractivity contribution is 7.98. The van der Waals surface area contributed by atoms with E-state index in [1.54, 1.807) is 0 Å². The predicted octanol–water partition coefficient (Wildman–Crippen LogP) is -1.77. The average molecular weight is 464 g/mol. The molecule has 3 atom stereocenters. The molecule has 0 aliphatic rings. The first kappa shape index (κ1) is 28.6. The molecule has 0 aliphatic carbocycles. The zero-order valence-electron chi connectivity index (χ0n) is 17.6. The molecule has 0 heterocycles. The molecule has 178 valence electrons. The summed E-state index contributed by atoms with van der Waals surface area (Å²) in [4.78, 5) is 59.2.